The molecule has 2 fully saturated rings. The first-order valence-electron chi connectivity index (χ1n) is 6.11. The van der Waals surface area contributed by atoms with Crippen LogP contribution in [0, 0.1) is 5.41 Å². The minimum Gasteiger partial charge on any atom is -0.481 e. The molecule has 2 rings (SSSR count). The van der Waals surface area contributed by atoms with E-state index in [0.29, 0.717) is 12.5 Å². The van der Waals surface area contributed by atoms with Crippen molar-refractivity contribution in [3.63, 3.8) is 0 Å². The fraction of sp³-hybridized carbons (Fsp3) is 0.917. The molecule has 1 N–H and O–H groups in total. The molecule has 0 unspecified atom stereocenters. The van der Waals surface area contributed by atoms with E-state index in [1.165, 1.54) is 0 Å². The topological polar surface area (TPSA) is 49.8 Å². The van der Waals surface area contributed by atoms with E-state index in [1.54, 1.807) is 0 Å². The monoisotopic (exact) mass is 227 g/mol. The highest BCUT2D eigenvalue weighted by atomic mass is 16.5. The molecule has 1 saturated carbocycles. The summed E-state index contributed by atoms with van der Waals surface area (Å²) >= 11 is 0. The summed E-state index contributed by atoms with van der Waals surface area (Å²) < 4.78 is 5.34. The average Bonchev–Trinajstić information content (AvgIpc) is 2.98. The molecule has 0 aromatic rings. The van der Waals surface area contributed by atoms with Gasteiger partial charge in [-0.1, -0.05) is 0 Å². The van der Waals surface area contributed by atoms with Crippen LogP contribution in [0.4, 0.5) is 0 Å². The summed E-state index contributed by atoms with van der Waals surface area (Å²) in [5.74, 6) is -0.655. The maximum absolute atomic E-state index is 10.8. The molecular weight excluding hydrogens is 206 g/mol. The molecule has 4 nitrogen and oxygen atoms in total. The minimum atomic E-state index is -0.655. The molecule has 16 heavy (non-hydrogen) atoms. The van der Waals surface area contributed by atoms with Crippen LogP contribution >= 0.6 is 0 Å². The van der Waals surface area contributed by atoms with Gasteiger partial charge in [-0.15, -0.1) is 0 Å². The lowest BCUT2D eigenvalue weighted by molar-refractivity contribution is -0.138. The molecule has 0 spiro atoms. The number of carbonyl (C=O) groups is 1. The third kappa shape index (κ3) is 2.95. The van der Waals surface area contributed by atoms with Crippen molar-refractivity contribution in [1.82, 2.24) is 4.90 Å². The maximum Gasteiger partial charge on any atom is 0.303 e. The number of ether oxygens (including phenoxy) is 1. The summed E-state index contributed by atoms with van der Waals surface area (Å²) in [6, 6.07) is 0.583. The smallest absolute Gasteiger partial charge is 0.303 e. The van der Waals surface area contributed by atoms with Crippen molar-refractivity contribution < 1.29 is 14.6 Å². The molecule has 92 valence electrons. The molecule has 0 aromatic carbocycles. The zero-order valence-corrected chi connectivity index (χ0v) is 9.95. The van der Waals surface area contributed by atoms with E-state index < -0.39 is 5.97 Å². The first-order chi connectivity index (χ1) is 7.61. The van der Waals surface area contributed by atoms with Crippen LogP contribution in [0.25, 0.3) is 0 Å². The fourth-order valence-corrected chi connectivity index (χ4v) is 2.67. The summed E-state index contributed by atoms with van der Waals surface area (Å²) in [6.45, 7) is 2.63. The van der Waals surface area contributed by atoms with Crippen molar-refractivity contribution in [2.75, 3.05) is 26.8 Å². The van der Waals surface area contributed by atoms with Gasteiger partial charge in [0.1, 0.15) is 0 Å². The number of rotatable bonds is 5. The SMILES string of the molecule is CN(CC1(CC(=O)O)CC1)C1CCOCC1. The van der Waals surface area contributed by atoms with Gasteiger partial charge in [-0.3, -0.25) is 4.79 Å². The Balaban J connectivity index is 1.81. The highest BCUT2D eigenvalue weighted by molar-refractivity contribution is 5.68. The molecule has 1 aliphatic carbocycles. The quantitative estimate of drug-likeness (QED) is 0.770. The molecule has 1 saturated heterocycles. The number of hydrogen-bond donors (Lipinski definition) is 1. The van der Waals surface area contributed by atoms with E-state index in [2.05, 4.69) is 11.9 Å². The lowest BCUT2D eigenvalue weighted by Crippen LogP contribution is -2.40. The van der Waals surface area contributed by atoms with Crippen LogP contribution in [0.2, 0.25) is 0 Å². The number of nitrogens with zero attached hydrogens (tertiary/aromatic N) is 1. The van der Waals surface area contributed by atoms with Crippen molar-refractivity contribution in [3.8, 4) is 0 Å². The Hall–Kier alpha value is -0.610. The van der Waals surface area contributed by atoms with Crippen LogP contribution in [0.1, 0.15) is 32.1 Å². The first-order valence-corrected chi connectivity index (χ1v) is 6.11. The molecule has 1 aliphatic heterocycles. The zero-order chi connectivity index (χ0) is 11.6. The molecule has 0 aromatic heterocycles. The van der Waals surface area contributed by atoms with Crippen molar-refractivity contribution in [3.05, 3.63) is 0 Å². The molecule has 2 aliphatic rings. The highest BCUT2D eigenvalue weighted by Crippen LogP contribution is 2.49. The second-order valence-electron chi connectivity index (χ2n) is 5.33. The van der Waals surface area contributed by atoms with Gasteiger partial charge in [0.05, 0.1) is 6.42 Å². The van der Waals surface area contributed by atoms with E-state index in [9.17, 15) is 4.79 Å². The highest BCUT2D eigenvalue weighted by Gasteiger charge is 2.45. The third-order valence-corrected chi connectivity index (χ3v) is 3.88. The minimum absolute atomic E-state index is 0.0822. The molecule has 0 bridgehead atoms. The molecule has 0 radical (unpaired) electrons. The summed E-state index contributed by atoms with van der Waals surface area (Å²) in [5.41, 5.74) is 0.0822. The van der Waals surface area contributed by atoms with Crippen LogP contribution < -0.4 is 0 Å². The van der Waals surface area contributed by atoms with Gasteiger partial charge in [0.15, 0.2) is 0 Å². The van der Waals surface area contributed by atoms with E-state index in [4.69, 9.17) is 9.84 Å². The Bertz CT molecular complexity index is 257. The predicted molar refractivity (Wildman–Crippen MR) is 60.4 cm³/mol. The Kier molecular flexibility index (Phi) is 3.50. The molecule has 4 heteroatoms. The standard InChI is InChI=1S/C12H21NO3/c1-13(10-2-6-16-7-3-10)9-12(4-5-12)8-11(14)15/h10H,2-9H2,1H3,(H,14,15). The van der Waals surface area contributed by atoms with Gasteiger partial charge in [-0.05, 0) is 38.1 Å². The fourth-order valence-electron chi connectivity index (χ4n) is 2.67. The van der Waals surface area contributed by atoms with Crippen LogP contribution in [-0.2, 0) is 9.53 Å². The van der Waals surface area contributed by atoms with Crippen LogP contribution in [0.3, 0.4) is 0 Å². The number of hydrogen-bond acceptors (Lipinski definition) is 3. The normalized spacial score (nSPS) is 24.6. The first kappa shape index (κ1) is 11.9. The predicted octanol–water partition coefficient (Wildman–Crippen LogP) is 1.35. The van der Waals surface area contributed by atoms with Gasteiger partial charge in [0, 0.05) is 25.8 Å². The van der Waals surface area contributed by atoms with Gasteiger partial charge in [0.2, 0.25) is 0 Å². The average molecular weight is 227 g/mol. The molecular formula is C12H21NO3. The van der Waals surface area contributed by atoms with Crippen molar-refractivity contribution >= 4 is 5.97 Å². The molecule has 0 atom stereocenters. The van der Waals surface area contributed by atoms with Crippen molar-refractivity contribution in [2.45, 2.75) is 38.1 Å². The second kappa shape index (κ2) is 4.72. The molecule has 1 heterocycles. The van der Waals surface area contributed by atoms with Gasteiger partial charge in [-0.2, -0.15) is 0 Å². The lowest BCUT2D eigenvalue weighted by atomic mass is 9.99. The molecule has 0 amide bonds. The largest absolute Gasteiger partial charge is 0.481 e. The lowest BCUT2D eigenvalue weighted by Gasteiger charge is -2.33. The summed E-state index contributed by atoms with van der Waals surface area (Å²) in [4.78, 5) is 13.1. The van der Waals surface area contributed by atoms with Crippen LogP contribution in [0.5, 0.6) is 0 Å². The zero-order valence-electron chi connectivity index (χ0n) is 9.95. The second-order valence-corrected chi connectivity index (χ2v) is 5.33. The van der Waals surface area contributed by atoms with Gasteiger partial charge < -0.3 is 14.7 Å². The van der Waals surface area contributed by atoms with E-state index >= 15 is 0 Å². The number of carboxylic acids is 1. The van der Waals surface area contributed by atoms with Crippen molar-refractivity contribution in [2.24, 2.45) is 5.41 Å². The van der Waals surface area contributed by atoms with Crippen LogP contribution in [-0.4, -0.2) is 48.8 Å². The third-order valence-electron chi connectivity index (χ3n) is 3.88. The summed E-state index contributed by atoms with van der Waals surface area (Å²) in [6.07, 6.45) is 4.65. The Labute approximate surface area is 96.6 Å². The van der Waals surface area contributed by atoms with Crippen LogP contribution in [0.15, 0.2) is 0 Å². The Morgan fingerprint density at radius 3 is 2.56 bits per heavy atom. The summed E-state index contributed by atoms with van der Waals surface area (Å²) in [5, 5.41) is 8.87. The van der Waals surface area contributed by atoms with Crippen molar-refractivity contribution in [1.29, 1.82) is 0 Å². The number of aliphatic carboxylic acids is 1. The summed E-state index contributed by atoms with van der Waals surface area (Å²) in [7, 11) is 2.12. The van der Waals surface area contributed by atoms with Gasteiger partial charge in [0.25, 0.3) is 0 Å². The van der Waals surface area contributed by atoms with E-state index in [0.717, 1.165) is 45.4 Å². The number of carboxylic acid groups (broad SMARTS) is 1. The van der Waals surface area contributed by atoms with Gasteiger partial charge >= 0.3 is 5.97 Å². The maximum atomic E-state index is 10.8. The van der Waals surface area contributed by atoms with E-state index in [1.807, 2.05) is 0 Å². The van der Waals surface area contributed by atoms with Gasteiger partial charge in [-0.25, -0.2) is 0 Å². The Morgan fingerprint density at radius 2 is 2.06 bits per heavy atom. The van der Waals surface area contributed by atoms with E-state index in [-0.39, 0.29) is 5.41 Å². The Morgan fingerprint density at radius 1 is 1.44 bits per heavy atom.